The molecule has 17 heavy (non-hydrogen) atoms. The van der Waals surface area contributed by atoms with Crippen LogP contribution in [0.3, 0.4) is 0 Å². The molecule has 0 N–H and O–H groups in total. The fourth-order valence-corrected chi connectivity index (χ4v) is 2.23. The average Bonchev–Trinajstić information content (AvgIpc) is 2.76. The van der Waals surface area contributed by atoms with Crippen LogP contribution in [0.15, 0.2) is 23.6 Å². The van der Waals surface area contributed by atoms with Crippen LogP contribution in [0.25, 0.3) is 0 Å². The van der Waals surface area contributed by atoms with Crippen molar-refractivity contribution in [2.24, 2.45) is 0 Å². The van der Waals surface area contributed by atoms with Crippen LogP contribution in [-0.4, -0.2) is 4.98 Å². The zero-order valence-electron chi connectivity index (χ0n) is 9.87. The van der Waals surface area contributed by atoms with E-state index in [1.807, 2.05) is 12.3 Å². The largest absolute Gasteiger partial charge is 0.487 e. The predicted molar refractivity (Wildman–Crippen MR) is 67.0 cm³/mol. The van der Waals surface area contributed by atoms with Crippen molar-refractivity contribution in [2.75, 3.05) is 0 Å². The summed E-state index contributed by atoms with van der Waals surface area (Å²) in [6.45, 7) is 4.34. The van der Waals surface area contributed by atoms with Crippen molar-refractivity contribution in [3.8, 4) is 5.75 Å². The summed E-state index contributed by atoms with van der Waals surface area (Å²) in [4.78, 5) is 4.41. The van der Waals surface area contributed by atoms with Crippen molar-refractivity contribution >= 4 is 11.3 Å². The lowest BCUT2D eigenvalue weighted by atomic mass is 10.2. The molecule has 0 atom stereocenters. The van der Waals surface area contributed by atoms with Gasteiger partial charge in [-0.05, 0) is 37.1 Å². The van der Waals surface area contributed by atoms with Crippen LogP contribution in [0.4, 0.5) is 4.39 Å². The van der Waals surface area contributed by atoms with E-state index in [9.17, 15) is 4.39 Å². The molecule has 2 aromatic rings. The minimum absolute atomic E-state index is 0.239. The molecule has 0 spiro atoms. The number of halogens is 1. The van der Waals surface area contributed by atoms with E-state index in [0.29, 0.717) is 12.4 Å². The lowest BCUT2D eigenvalue weighted by Gasteiger charge is -2.07. The van der Waals surface area contributed by atoms with Crippen LogP contribution in [0.5, 0.6) is 5.75 Å². The first-order valence-electron chi connectivity index (χ1n) is 5.51. The van der Waals surface area contributed by atoms with Crippen LogP contribution < -0.4 is 4.74 Å². The molecule has 2 rings (SSSR count). The molecule has 0 saturated heterocycles. The van der Waals surface area contributed by atoms with Gasteiger partial charge < -0.3 is 4.74 Å². The van der Waals surface area contributed by atoms with Gasteiger partial charge in [-0.1, -0.05) is 6.92 Å². The summed E-state index contributed by atoms with van der Waals surface area (Å²) in [6, 6.07) is 4.52. The number of rotatable bonds is 4. The zero-order valence-corrected chi connectivity index (χ0v) is 10.7. The van der Waals surface area contributed by atoms with E-state index in [4.69, 9.17) is 4.74 Å². The van der Waals surface area contributed by atoms with Crippen LogP contribution in [0.1, 0.15) is 23.2 Å². The summed E-state index contributed by atoms with van der Waals surface area (Å²) in [5.41, 5.74) is 1.73. The Morgan fingerprint density at radius 3 is 2.88 bits per heavy atom. The highest BCUT2D eigenvalue weighted by Crippen LogP contribution is 2.20. The Morgan fingerprint density at radius 2 is 2.24 bits per heavy atom. The normalized spacial score (nSPS) is 10.5. The third-order valence-corrected chi connectivity index (χ3v) is 3.46. The summed E-state index contributed by atoms with van der Waals surface area (Å²) < 4.78 is 18.5. The second kappa shape index (κ2) is 5.27. The van der Waals surface area contributed by atoms with E-state index < -0.39 is 0 Å². The van der Waals surface area contributed by atoms with E-state index in [1.54, 1.807) is 17.4 Å². The van der Waals surface area contributed by atoms with Gasteiger partial charge in [-0.25, -0.2) is 9.37 Å². The SMILES string of the molecule is CCc1nc(COc2ccc(F)cc2C)cs1. The maximum atomic E-state index is 12.9. The first-order valence-corrected chi connectivity index (χ1v) is 6.39. The summed E-state index contributed by atoms with van der Waals surface area (Å²) in [7, 11) is 0. The Bertz CT molecular complexity index is 510. The number of aryl methyl sites for hydroxylation is 2. The van der Waals surface area contributed by atoms with E-state index in [2.05, 4.69) is 11.9 Å². The Morgan fingerprint density at radius 1 is 1.41 bits per heavy atom. The van der Waals surface area contributed by atoms with Crippen molar-refractivity contribution < 1.29 is 9.13 Å². The molecule has 0 aliphatic rings. The lowest BCUT2D eigenvalue weighted by Crippen LogP contribution is -1.98. The lowest BCUT2D eigenvalue weighted by molar-refractivity contribution is 0.299. The molecular formula is C13H14FNOS. The molecule has 0 bridgehead atoms. The topological polar surface area (TPSA) is 22.1 Å². The number of thiazole rings is 1. The highest BCUT2D eigenvalue weighted by Gasteiger charge is 2.04. The van der Waals surface area contributed by atoms with Gasteiger partial charge in [0.2, 0.25) is 0 Å². The van der Waals surface area contributed by atoms with Crippen molar-refractivity contribution in [1.82, 2.24) is 4.98 Å². The molecule has 0 radical (unpaired) electrons. The number of benzene rings is 1. The van der Waals surface area contributed by atoms with Gasteiger partial charge in [-0.15, -0.1) is 11.3 Å². The van der Waals surface area contributed by atoms with Gasteiger partial charge in [0.15, 0.2) is 0 Å². The Hall–Kier alpha value is -1.42. The standard InChI is InChI=1S/C13H14FNOS/c1-3-13-15-11(8-17-13)7-16-12-5-4-10(14)6-9(12)2/h4-6,8H,3,7H2,1-2H3. The predicted octanol–water partition coefficient (Wildman–Crippen LogP) is 3.73. The first-order chi connectivity index (χ1) is 8.19. The minimum atomic E-state index is -0.239. The van der Waals surface area contributed by atoms with Crippen molar-refractivity contribution in [2.45, 2.75) is 26.9 Å². The third kappa shape index (κ3) is 3.03. The van der Waals surface area contributed by atoms with E-state index in [0.717, 1.165) is 22.7 Å². The second-order valence-corrected chi connectivity index (χ2v) is 4.73. The zero-order chi connectivity index (χ0) is 12.3. The van der Waals surface area contributed by atoms with Gasteiger partial charge in [0.1, 0.15) is 18.2 Å². The van der Waals surface area contributed by atoms with E-state index in [-0.39, 0.29) is 5.82 Å². The van der Waals surface area contributed by atoms with Crippen LogP contribution in [0.2, 0.25) is 0 Å². The molecule has 1 aromatic heterocycles. The molecule has 0 fully saturated rings. The molecule has 0 amide bonds. The molecule has 90 valence electrons. The minimum Gasteiger partial charge on any atom is -0.487 e. The van der Waals surface area contributed by atoms with Gasteiger partial charge in [-0.3, -0.25) is 0 Å². The Labute approximate surface area is 104 Å². The highest BCUT2D eigenvalue weighted by atomic mass is 32.1. The van der Waals surface area contributed by atoms with Crippen LogP contribution in [0, 0.1) is 12.7 Å². The van der Waals surface area contributed by atoms with Crippen molar-refractivity contribution in [3.05, 3.63) is 45.7 Å². The number of hydrogen-bond donors (Lipinski definition) is 0. The van der Waals surface area contributed by atoms with Crippen LogP contribution in [-0.2, 0) is 13.0 Å². The summed E-state index contributed by atoms with van der Waals surface area (Å²) >= 11 is 1.64. The highest BCUT2D eigenvalue weighted by molar-refractivity contribution is 7.09. The molecule has 1 heterocycles. The van der Waals surface area contributed by atoms with Gasteiger partial charge in [0.25, 0.3) is 0 Å². The molecule has 0 aliphatic carbocycles. The molecule has 4 heteroatoms. The summed E-state index contributed by atoms with van der Waals surface area (Å²) in [5.74, 6) is 0.467. The third-order valence-electron chi connectivity index (χ3n) is 2.41. The van der Waals surface area contributed by atoms with Gasteiger partial charge in [-0.2, -0.15) is 0 Å². The number of aromatic nitrogens is 1. The van der Waals surface area contributed by atoms with Gasteiger partial charge in [0, 0.05) is 5.38 Å². The Kier molecular flexibility index (Phi) is 3.74. The number of hydrogen-bond acceptors (Lipinski definition) is 3. The number of nitrogens with zero attached hydrogens (tertiary/aromatic N) is 1. The summed E-state index contributed by atoms with van der Waals surface area (Å²) in [5, 5.41) is 3.11. The molecule has 0 saturated carbocycles. The smallest absolute Gasteiger partial charge is 0.131 e. The fourth-order valence-electron chi connectivity index (χ4n) is 1.50. The maximum absolute atomic E-state index is 12.9. The molecular weight excluding hydrogens is 237 g/mol. The van der Waals surface area contributed by atoms with E-state index >= 15 is 0 Å². The average molecular weight is 251 g/mol. The maximum Gasteiger partial charge on any atom is 0.131 e. The van der Waals surface area contributed by atoms with Crippen molar-refractivity contribution in [3.63, 3.8) is 0 Å². The fraction of sp³-hybridized carbons (Fsp3) is 0.308. The molecule has 1 aromatic carbocycles. The van der Waals surface area contributed by atoms with Crippen molar-refractivity contribution in [1.29, 1.82) is 0 Å². The second-order valence-electron chi connectivity index (χ2n) is 3.78. The van der Waals surface area contributed by atoms with Crippen LogP contribution >= 0.6 is 11.3 Å². The van der Waals surface area contributed by atoms with E-state index in [1.165, 1.54) is 12.1 Å². The monoisotopic (exact) mass is 251 g/mol. The molecule has 0 unspecified atom stereocenters. The first kappa shape index (κ1) is 12.0. The summed E-state index contributed by atoms with van der Waals surface area (Å²) in [6.07, 6.45) is 0.945. The van der Waals surface area contributed by atoms with Gasteiger partial charge in [0.05, 0.1) is 10.7 Å². The Balaban J connectivity index is 2.02. The van der Waals surface area contributed by atoms with Gasteiger partial charge >= 0.3 is 0 Å². The molecule has 2 nitrogen and oxygen atoms in total. The quantitative estimate of drug-likeness (QED) is 0.826. The number of ether oxygens (including phenoxy) is 1. The molecule has 0 aliphatic heterocycles.